The standard InChI is InChI=1S/C8H5BrINO/c9-4-8-11-6-3-5(10)1-2-7(6)12-8/h1-3H,4H2. The van der Waals surface area contributed by atoms with Crippen LogP contribution in [-0.4, -0.2) is 4.98 Å². The third-order valence-corrected chi connectivity index (χ3v) is 2.66. The van der Waals surface area contributed by atoms with Gasteiger partial charge in [0, 0.05) is 3.57 Å². The highest BCUT2D eigenvalue weighted by Crippen LogP contribution is 2.19. The first kappa shape index (κ1) is 8.50. The topological polar surface area (TPSA) is 26.0 Å². The molecule has 0 spiro atoms. The molecule has 2 rings (SSSR count). The largest absolute Gasteiger partial charge is 0.440 e. The minimum Gasteiger partial charge on any atom is -0.440 e. The Morgan fingerprint density at radius 1 is 1.50 bits per heavy atom. The Morgan fingerprint density at radius 2 is 2.33 bits per heavy atom. The van der Waals surface area contributed by atoms with Crippen molar-refractivity contribution in [2.45, 2.75) is 5.33 Å². The number of rotatable bonds is 1. The molecule has 4 heteroatoms. The summed E-state index contributed by atoms with van der Waals surface area (Å²) in [5.74, 6) is 0.729. The van der Waals surface area contributed by atoms with Gasteiger partial charge in [-0.3, -0.25) is 0 Å². The van der Waals surface area contributed by atoms with Crippen molar-refractivity contribution in [3.63, 3.8) is 0 Å². The predicted octanol–water partition coefficient (Wildman–Crippen LogP) is 3.33. The maximum atomic E-state index is 5.41. The predicted molar refractivity (Wildman–Crippen MR) is 59.4 cm³/mol. The number of nitrogens with zero attached hydrogens (tertiary/aromatic N) is 1. The summed E-state index contributed by atoms with van der Waals surface area (Å²) in [4.78, 5) is 4.27. The molecule has 0 aliphatic carbocycles. The van der Waals surface area contributed by atoms with Gasteiger partial charge in [0.25, 0.3) is 0 Å². The average molecular weight is 338 g/mol. The summed E-state index contributed by atoms with van der Waals surface area (Å²) >= 11 is 5.55. The lowest BCUT2D eigenvalue weighted by Gasteiger charge is -1.86. The monoisotopic (exact) mass is 337 g/mol. The van der Waals surface area contributed by atoms with Gasteiger partial charge in [-0.25, -0.2) is 4.98 Å². The number of fused-ring (bicyclic) bond motifs is 1. The van der Waals surface area contributed by atoms with Crippen LogP contribution in [0.2, 0.25) is 0 Å². The minimum atomic E-state index is 0.665. The lowest BCUT2D eigenvalue weighted by Crippen LogP contribution is -1.73. The van der Waals surface area contributed by atoms with E-state index in [-0.39, 0.29) is 0 Å². The zero-order valence-corrected chi connectivity index (χ0v) is 9.79. The molecule has 0 bridgehead atoms. The molecule has 1 aromatic heterocycles. The average Bonchev–Trinajstić information content (AvgIpc) is 2.46. The Balaban J connectivity index is 2.67. The summed E-state index contributed by atoms with van der Waals surface area (Å²) in [6.45, 7) is 0. The van der Waals surface area contributed by atoms with Crippen molar-refractivity contribution in [3.8, 4) is 0 Å². The molecule has 62 valence electrons. The van der Waals surface area contributed by atoms with Gasteiger partial charge in [0.1, 0.15) is 5.52 Å². The quantitative estimate of drug-likeness (QED) is 0.589. The van der Waals surface area contributed by atoms with Gasteiger partial charge in [-0.1, -0.05) is 15.9 Å². The Kier molecular flexibility index (Phi) is 2.36. The Labute approximate surface area is 91.6 Å². The fourth-order valence-electron chi connectivity index (χ4n) is 1.01. The van der Waals surface area contributed by atoms with Gasteiger partial charge < -0.3 is 4.42 Å². The van der Waals surface area contributed by atoms with Crippen LogP contribution in [0.15, 0.2) is 22.6 Å². The number of halogens is 2. The summed E-state index contributed by atoms with van der Waals surface area (Å²) in [6, 6.07) is 5.95. The molecule has 0 fully saturated rings. The maximum Gasteiger partial charge on any atom is 0.206 e. The van der Waals surface area contributed by atoms with Crippen LogP contribution in [0.5, 0.6) is 0 Å². The summed E-state index contributed by atoms with van der Waals surface area (Å²) in [7, 11) is 0. The summed E-state index contributed by atoms with van der Waals surface area (Å²) in [5.41, 5.74) is 1.78. The van der Waals surface area contributed by atoms with Crippen molar-refractivity contribution in [1.82, 2.24) is 4.98 Å². The molecule has 0 radical (unpaired) electrons. The highest BCUT2D eigenvalue weighted by Gasteiger charge is 2.03. The first-order valence-electron chi connectivity index (χ1n) is 3.40. The third kappa shape index (κ3) is 1.50. The van der Waals surface area contributed by atoms with E-state index in [0.717, 1.165) is 17.0 Å². The molecule has 12 heavy (non-hydrogen) atoms. The second-order valence-corrected chi connectivity index (χ2v) is 4.16. The van der Waals surface area contributed by atoms with Crippen LogP contribution < -0.4 is 0 Å². The van der Waals surface area contributed by atoms with E-state index in [1.165, 1.54) is 3.57 Å². The minimum absolute atomic E-state index is 0.665. The van der Waals surface area contributed by atoms with Crippen LogP contribution in [0.4, 0.5) is 0 Å². The fraction of sp³-hybridized carbons (Fsp3) is 0.125. The fourth-order valence-corrected chi connectivity index (χ4v) is 1.72. The first-order chi connectivity index (χ1) is 5.79. The molecular weight excluding hydrogens is 333 g/mol. The summed E-state index contributed by atoms with van der Waals surface area (Å²) in [6.07, 6.45) is 0. The number of aromatic nitrogens is 1. The van der Waals surface area contributed by atoms with Crippen molar-refractivity contribution in [1.29, 1.82) is 0 Å². The zero-order valence-electron chi connectivity index (χ0n) is 6.05. The first-order valence-corrected chi connectivity index (χ1v) is 5.60. The summed E-state index contributed by atoms with van der Waals surface area (Å²) in [5, 5.41) is 0.665. The Bertz CT molecular complexity index is 412. The number of benzene rings is 1. The van der Waals surface area contributed by atoms with Crippen LogP contribution in [0, 0.1) is 3.57 Å². The molecule has 0 saturated heterocycles. The number of hydrogen-bond donors (Lipinski definition) is 0. The van der Waals surface area contributed by atoms with Gasteiger partial charge in [-0.15, -0.1) is 0 Å². The van der Waals surface area contributed by atoms with Crippen LogP contribution in [-0.2, 0) is 5.33 Å². The smallest absolute Gasteiger partial charge is 0.206 e. The maximum absolute atomic E-state index is 5.41. The Morgan fingerprint density at radius 3 is 3.08 bits per heavy atom. The van der Waals surface area contributed by atoms with Crippen LogP contribution in [0.3, 0.4) is 0 Å². The van der Waals surface area contributed by atoms with Crippen LogP contribution in [0.1, 0.15) is 5.89 Å². The number of oxazole rings is 1. The lowest BCUT2D eigenvalue weighted by atomic mass is 10.3. The number of alkyl halides is 1. The second kappa shape index (κ2) is 3.33. The molecule has 0 aliphatic rings. The zero-order chi connectivity index (χ0) is 8.55. The van der Waals surface area contributed by atoms with E-state index in [1.54, 1.807) is 0 Å². The van der Waals surface area contributed by atoms with E-state index in [2.05, 4.69) is 43.5 Å². The lowest BCUT2D eigenvalue weighted by molar-refractivity contribution is 0.557. The van der Waals surface area contributed by atoms with Gasteiger partial charge in [0.05, 0.1) is 5.33 Å². The van der Waals surface area contributed by atoms with E-state index >= 15 is 0 Å². The molecule has 0 aliphatic heterocycles. The van der Waals surface area contributed by atoms with Gasteiger partial charge in [-0.05, 0) is 40.8 Å². The second-order valence-electron chi connectivity index (χ2n) is 2.35. The molecule has 0 atom stereocenters. The van der Waals surface area contributed by atoms with E-state index in [4.69, 9.17) is 4.42 Å². The summed E-state index contributed by atoms with van der Waals surface area (Å²) < 4.78 is 6.59. The van der Waals surface area contributed by atoms with Gasteiger partial charge in [0.15, 0.2) is 5.58 Å². The van der Waals surface area contributed by atoms with Gasteiger partial charge in [0.2, 0.25) is 5.89 Å². The van der Waals surface area contributed by atoms with Crippen LogP contribution in [0.25, 0.3) is 11.1 Å². The van der Waals surface area contributed by atoms with Gasteiger partial charge in [-0.2, -0.15) is 0 Å². The highest BCUT2D eigenvalue weighted by molar-refractivity contribution is 14.1. The molecule has 0 N–H and O–H groups in total. The SMILES string of the molecule is BrCc1nc2cc(I)ccc2o1. The van der Waals surface area contributed by atoms with Crippen LogP contribution >= 0.6 is 38.5 Å². The van der Waals surface area contributed by atoms with Gasteiger partial charge >= 0.3 is 0 Å². The van der Waals surface area contributed by atoms with E-state index in [0.29, 0.717) is 5.33 Å². The van der Waals surface area contributed by atoms with E-state index in [9.17, 15) is 0 Å². The van der Waals surface area contributed by atoms with E-state index < -0.39 is 0 Å². The molecule has 2 aromatic rings. The molecule has 1 heterocycles. The molecule has 1 aromatic carbocycles. The molecular formula is C8H5BrINO. The highest BCUT2D eigenvalue weighted by atomic mass is 127. The van der Waals surface area contributed by atoms with Crippen molar-refractivity contribution < 1.29 is 4.42 Å². The van der Waals surface area contributed by atoms with Crippen molar-refractivity contribution in [2.24, 2.45) is 0 Å². The number of hydrogen-bond acceptors (Lipinski definition) is 2. The van der Waals surface area contributed by atoms with Crippen molar-refractivity contribution in [3.05, 3.63) is 27.7 Å². The van der Waals surface area contributed by atoms with E-state index in [1.807, 2.05) is 18.2 Å². The third-order valence-electron chi connectivity index (χ3n) is 1.51. The van der Waals surface area contributed by atoms with Crippen molar-refractivity contribution in [2.75, 3.05) is 0 Å². The molecule has 2 nitrogen and oxygen atoms in total. The normalized spacial score (nSPS) is 10.8. The van der Waals surface area contributed by atoms with Crippen molar-refractivity contribution >= 4 is 49.6 Å². The molecule has 0 unspecified atom stereocenters. The molecule has 0 amide bonds. The Hall–Kier alpha value is -0.100. The molecule has 0 saturated carbocycles.